The second-order valence-electron chi connectivity index (χ2n) is 9.21. The molecule has 0 spiro atoms. The summed E-state index contributed by atoms with van der Waals surface area (Å²) < 4.78 is 126. The monoisotopic (exact) mass is 584 g/mol. The van der Waals surface area contributed by atoms with E-state index in [9.17, 15) is 49.1 Å². The van der Waals surface area contributed by atoms with Crippen LogP contribution < -0.4 is 4.90 Å². The van der Waals surface area contributed by atoms with Crippen molar-refractivity contribution >= 4 is 17.7 Å². The molecule has 0 bridgehead atoms. The van der Waals surface area contributed by atoms with Gasteiger partial charge in [-0.05, 0) is 67.3 Å². The van der Waals surface area contributed by atoms with Crippen LogP contribution in [-0.4, -0.2) is 29.5 Å². The van der Waals surface area contributed by atoms with Crippen molar-refractivity contribution in [2.75, 3.05) is 11.5 Å². The Balaban J connectivity index is 2.20. The van der Waals surface area contributed by atoms with E-state index < -0.39 is 71.4 Å². The van der Waals surface area contributed by atoms with Gasteiger partial charge in [-0.3, -0.25) is 9.69 Å². The van der Waals surface area contributed by atoms with Crippen LogP contribution >= 0.6 is 0 Å². The number of fused-ring (bicyclic) bond motifs is 1. The first-order valence-electron chi connectivity index (χ1n) is 12.1. The molecule has 1 aliphatic heterocycles. The van der Waals surface area contributed by atoms with Crippen molar-refractivity contribution in [3.8, 4) is 0 Å². The van der Waals surface area contributed by atoms with Crippen molar-refractivity contribution in [2.24, 2.45) is 0 Å². The number of carbonyl (C=O) groups excluding carboxylic acids is 2. The zero-order valence-corrected chi connectivity index (χ0v) is 21.5. The quantitative estimate of drug-likeness (QED) is 0.335. The van der Waals surface area contributed by atoms with Gasteiger partial charge in [0.2, 0.25) is 5.91 Å². The summed E-state index contributed by atoms with van der Waals surface area (Å²) in [6, 6.07) is 1.44. The van der Waals surface area contributed by atoms with Crippen molar-refractivity contribution < 1.29 is 53.8 Å². The second-order valence-corrected chi connectivity index (χ2v) is 9.21. The van der Waals surface area contributed by atoms with Gasteiger partial charge >= 0.3 is 24.6 Å². The van der Waals surface area contributed by atoms with Gasteiger partial charge < -0.3 is 9.64 Å². The fourth-order valence-corrected chi connectivity index (χ4v) is 4.74. The summed E-state index contributed by atoms with van der Waals surface area (Å²) in [7, 11) is 0. The maximum absolute atomic E-state index is 13.6. The highest BCUT2D eigenvalue weighted by Gasteiger charge is 2.42. The van der Waals surface area contributed by atoms with Crippen LogP contribution in [0.4, 0.5) is 50.0 Å². The predicted octanol–water partition coefficient (Wildman–Crippen LogP) is 7.98. The van der Waals surface area contributed by atoms with Crippen LogP contribution in [0.3, 0.4) is 0 Å². The highest BCUT2D eigenvalue weighted by molar-refractivity contribution is 5.90. The molecule has 0 radical (unpaired) electrons. The third kappa shape index (κ3) is 6.64. The van der Waals surface area contributed by atoms with Crippen molar-refractivity contribution in [3.05, 3.63) is 64.2 Å². The molecule has 2 atom stereocenters. The number of carbonyl (C=O) groups is 2. The number of hydrogen-bond donors (Lipinski definition) is 0. The van der Waals surface area contributed by atoms with E-state index >= 15 is 0 Å². The molecule has 0 saturated carbocycles. The lowest BCUT2D eigenvalue weighted by Crippen LogP contribution is -2.48. The number of halogens is 9. The summed E-state index contributed by atoms with van der Waals surface area (Å²) in [5.74, 6) is -0.807. The molecule has 3 rings (SSSR count). The standard InChI is InChI=1S/C26H25F9N2O3/c1-4-19-12-22(20-11-16(24(27,28)29)6-7-21(20)37(19)23(39)40-5-2)36(14(3)38)13-15-8-17(25(30,31)32)10-18(9-15)26(33,34)35/h6-11,19,22H,4-5,12-13H2,1-3H3. The number of hydrogen-bond acceptors (Lipinski definition) is 3. The highest BCUT2D eigenvalue weighted by atomic mass is 19.4. The summed E-state index contributed by atoms with van der Waals surface area (Å²) >= 11 is 0. The predicted molar refractivity (Wildman–Crippen MR) is 125 cm³/mol. The summed E-state index contributed by atoms with van der Waals surface area (Å²) in [5.41, 5.74) is -4.98. The Morgan fingerprint density at radius 3 is 1.88 bits per heavy atom. The topological polar surface area (TPSA) is 49.9 Å². The number of amides is 2. The molecule has 1 heterocycles. The van der Waals surface area contributed by atoms with Crippen LogP contribution in [0.1, 0.15) is 67.5 Å². The van der Waals surface area contributed by atoms with E-state index in [2.05, 4.69) is 0 Å². The van der Waals surface area contributed by atoms with Crippen LogP contribution in [-0.2, 0) is 34.6 Å². The molecule has 5 nitrogen and oxygen atoms in total. The summed E-state index contributed by atoms with van der Waals surface area (Å²) in [5, 5.41) is 0. The van der Waals surface area contributed by atoms with Crippen molar-refractivity contribution in [3.63, 3.8) is 0 Å². The van der Waals surface area contributed by atoms with Gasteiger partial charge in [0.05, 0.1) is 35.0 Å². The van der Waals surface area contributed by atoms with Gasteiger partial charge in [-0.1, -0.05) is 6.92 Å². The lowest BCUT2D eigenvalue weighted by Gasteiger charge is -2.44. The van der Waals surface area contributed by atoms with Gasteiger partial charge in [0.15, 0.2) is 0 Å². The third-order valence-corrected chi connectivity index (χ3v) is 6.55. The van der Waals surface area contributed by atoms with Crippen molar-refractivity contribution in [1.29, 1.82) is 0 Å². The third-order valence-electron chi connectivity index (χ3n) is 6.55. The largest absolute Gasteiger partial charge is 0.449 e. The molecule has 40 heavy (non-hydrogen) atoms. The first kappa shape index (κ1) is 31.1. The Hall–Kier alpha value is -3.45. The molecule has 220 valence electrons. The zero-order chi connectivity index (χ0) is 30.2. The van der Waals surface area contributed by atoms with E-state index in [1.54, 1.807) is 6.92 Å². The minimum atomic E-state index is -5.14. The highest BCUT2D eigenvalue weighted by Crippen LogP contribution is 2.45. The molecule has 1 aliphatic rings. The Bertz CT molecular complexity index is 1220. The van der Waals surface area contributed by atoms with E-state index in [0.29, 0.717) is 12.1 Å². The van der Waals surface area contributed by atoms with Crippen LogP contribution in [0.5, 0.6) is 0 Å². The molecule has 2 amide bonds. The minimum absolute atomic E-state index is 0.0131. The number of benzene rings is 2. The van der Waals surface area contributed by atoms with Gasteiger partial charge in [0.25, 0.3) is 0 Å². The molecule has 2 unspecified atom stereocenters. The molecule has 14 heteroatoms. The Labute approximate surface area is 223 Å². The number of alkyl halides is 9. The van der Waals surface area contributed by atoms with Gasteiger partial charge in [-0.15, -0.1) is 0 Å². The fraction of sp³-hybridized carbons (Fsp3) is 0.462. The zero-order valence-electron chi connectivity index (χ0n) is 21.5. The molecule has 0 aliphatic carbocycles. The van der Waals surface area contributed by atoms with E-state index in [4.69, 9.17) is 4.74 Å². The number of nitrogens with zero attached hydrogens (tertiary/aromatic N) is 2. The van der Waals surface area contributed by atoms with E-state index in [1.807, 2.05) is 0 Å². The van der Waals surface area contributed by atoms with E-state index in [-0.39, 0.29) is 36.8 Å². The SMILES string of the molecule is CCOC(=O)N1c2ccc(C(F)(F)F)cc2C(N(Cc2cc(C(F)(F)F)cc(C(F)(F)F)c2)C(C)=O)CC1CC. The number of rotatable bonds is 5. The van der Waals surface area contributed by atoms with Crippen LogP contribution in [0.15, 0.2) is 36.4 Å². The first-order valence-corrected chi connectivity index (χ1v) is 12.1. The van der Waals surface area contributed by atoms with Crippen LogP contribution in [0, 0.1) is 0 Å². The maximum Gasteiger partial charge on any atom is 0.416 e. The summed E-state index contributed by atoms with van der Waals surface area (Å²) in [6.45, 7) is 3.40. The lowest BCUT2D eigenvalue weighted by atomic mass is 9.87. The molecule has 0 fully saturated rings. The Morgan fingerprint density at radius 1 is 0.875 bits per heavy atom. The average Bonchev–Trinajstić information content (AvgIpc) is 2.84. The molecular weight excluding hydrogens is 559 g/mol. The summed E-state index contributed by atoms with van der Waals surface area (Å²) in [4.78, 5) is 27.6. The Morgan fingerprint density at radius 2 is 1.43 bits per heavy atom. The van der Waals surface area contributed by atoms with E-state index in [0.717, 1.165) is 34.9 Å². The maximum atomic E-state index is 13.6. The van der Waals surface area contributed by atoms with Crippen molar-refractivity contribution in [2.45, 2.75) is 70.8 Å². The molecule has 0 N–H and O–H groups in total. The number of ether oxygens (including phenoxy) is 1. The second kappa shape index (κ2) is 11.2. The lowest BCUT2D eigenvalue weighted by molar-refractivity contribution is -0.143. The molecule has 0 saturated heterocycles. The molecule has 2 aromatic rings. The smallest absolute Gasteiger partial charge is 0.416 e. The average molecular weight is 584 g/mol. The molecule has 0 aromatic heterocycles. The molecule has 2 aromatic carbocycles. The normalized spacial score (nSPS) is 17.9. The minimum Gasteiger partial charge on any atom is -0.449 e. The summed E-state index contributed by atoms with van der Waals surface area (Å²) in [6.07, 6.45) is -15.8. The fourth-order valence-electron chi connectivity index (χ4n) is 4.74. The van der Waals surface area contributed by atoms with Crippen LogP contribution in [0.25, 0.3) is 0 Å². The molecular formula is C26H25F9N2O3. The van der Waals surface area contributed by atoms with Crippen molar-refractivity contribution in [1.82, 2.24) is 4.90 Å². The Kier molecular flexibility index (Phi) is 8.70. The van der Waals surface area contributed by atoms with E-state index in [1.165, 1.54) is 6.92 Å². The van der Waals surface area contributed by atoms with Gasteiger partial charge in [-0.25, -0.2) is 4.79 Å². The van der Waals surface area contributed by atoms with Gasteiger partial charge in [-0.2, -0.15) is 39.5 Å². The number of anilines is 1. The van der Waals surface area contributed by atoms with Gasteiger partial charge in [0.1, 0.15) is 0 Å². The first-order chi connectivity index (χ1) is 18.4. The van der Waals surface area contributed by atoms with Crippen LogP contribution in [0.2, 0.25) is 0 Å². The van der Waals surface area contributed by atoms with Gasteiger partial charge in [0, 0.05) is 19.5 Å².